The van der Waals surface area contributed by atoms with Gasteiger partial charge in [-0.1, -0.05) is 6.92 Å². The number of hydrogen-bond acceptors (Lipinski definition) is 20. The van der Waals surface area contributed by atoms with Crippen molar-refractivity contribution < 1.29 is 99.2 Å². The van der Waals surface area contributed by atoms with E-state index in [4.69, 9.17) is 33.2 Å². The number of aliphatic hydroxyl groups excluding tert-OH is 12. The zero-order valence-electron chi connectivity index (χ0n) is 28.7. The fourth-order valence-electron chi connectivity index (χ4n) is 6.13. The lowest BCUT2D eigenvalue weighted by Gasteiger charge is -2.49. The number of rotatable bonds is 17. The average molecular weight is 750 g/mol. The Morgan fingerprint density at radius 2 is 1.18 bits per heavy atom. The molecule has 51 heavy (non-hydrogen) atoms. The number of carbonyl (C=O) groups is 1. The first-order chi connectivity index (χ1) is 24.0. The van der Waals surface area contributed by atoms with Crippen LogP contribution in [0.15, 0.2) is 0 Å². The quantitative estimate of drug-likeness (QED) is 0.0657. The third kappa shape index (κ3) is 10.5. The van der Waals surface area contributed by atoms with E-state index in [2.05, 4.69) is 5.32 Å². The van der Waals surface area contributed by atoms with Gasteiger partial charge >= 0.3 is 0 Å². The predicted octanol–water partition coefficient (Wildman–Crippen LogP) is -7.12. The van der Waals surface area contributed by atoms with Gasteiger partial charge < -0.3 is 99.8 Å². The molecule has 0 saturated carbocycles. The summed E-state index contributed by atoms with van der Waals surface area (Å²) in [6.45, 7) is 2.46. The van der Waals surface area contributed by atoms with Crippen LogP contribution >= 0.6 is 0 Å². The lowest BCUT2D eigenvalue weighted by atomic mass is 9.94. The summed E-state index contributed by atoms with van der Waals surface area (Å²) in [5, 5.41) is 128. The summed E-state index contributed by atoms with van der Waals surface area (Å²) in [7, 11) is 0. The number of amides is 1. The van der Waals surface area contributed by atoms with Crippen LogP contribution in [0, 0.1) is 0 Å². The van der Waals surface area contributed by atoms with Gasteiger partial charge in [0.2, 0.25) is 5.91 Å². The standard InChI is InChI=1S/C30H55NO20/c1-5-12(37)18(39)24(13(38)6-32)49-29-23(44)27(20(41)15(8-34)46-29)51-28-17(31-11(4)36)21(42)25(16(9-35)48-28)50-30-22(43)26(45-10(2)3)19(40)14(7-33)47-30/h10,12-30,32-35,37-44H,5-9H2,1-4H3,(H,31,36)/t12?,13?,14?,15?,16?,17?,18-,19+,20+,21-,22?,23?,24-,25-,26+,27+,28+,29+,30+/m1/s1. The Bertz CT molecular complexity index is 1050. The summed E-state index contributed by atoms with van der Waals surface area (Å²) in [6.07, 6.45) is -30.6. The lowest BCUT2D eigenvalue weighted by molar-refractivity contribution is -0.374. The molecule has 3 saturated heterocycles. The van der Waals surface area contributed by atoms with Crippen LogP contribution in [0.25, 0.3) is 0 Å². The molecule has 1 amide bonds. The molecule has 0 aromatic carbocycles. The molecule has 0 bridgehead atoms. The normalized spacial score (nSPS) is 41.5. The van der Waals surface area contributed by atoms with Crippen LogP contribution in [0.5, 0.6) is 0 Å². The summed E-state index contributed by atoms with van der Waals surface area (Å²) in [5.74, 6) is -0.730. The van der Waals surface area contributed by atoms with Gasteiger partial charge in [-0.2, -0.15) is 0 Å². The highest BCUT2D eigenvalue weighted by atomic mass is 16.8. The van der Waals surface area contributed by atoms with Crippen molar-refractivity contribution in [2.45, 2.75) is 157 Å². The molecule has 0 radical (unpaired) electrons. The number of ether oxygens (including phenoxy) is 7. The molecule has 3 aliphatic heterocycles. The maximum atomic E-state index is 12.3. The Balaban J connectivity index is 1.89. The second kappa shape index (κ2) is 19.9. The van der Waals surface area contributed by atoms with Gasteiger partial charge in [-0.05, 0) is 20.3 Å². The van der Waals surface area contributed by atoms with Crippen LogP contribution in [0.4, 0.5) is 0 Å². The van der Waals surface area contributed by atoms with Gasteiger partial charge in [-0.15, -0.1) is 0 Å². The summed E-state index contributed by atoms with van der Waals surface area (Å²) in [5.41, 5.74) is 0. The van der Waals surface area contributed by atoms with Gasteiger partial charge in [0.1, 0.15) is 91.5 Å². The molecule has 3 rings (SSSR count). The van der Waals surface area contributed by atoms with Crippen molar-refractivity contribution in [3.8, 4) is 0 Å². The number of nitrogens with one attached hydrogen (secondary N) is 1. The van der Waals surface area contributed by atoms with E-state index in [9.17, 15) is 66.1 Å². The van der Waals surface area contributed by atoms with Gasteiger partial charge in [0.15, 0.2) is 18.9 Å². The molecule has 300 valence electrons. The van der Waals surface area contributed by atoms with Gasteiger partial charge in [0.05, 0.1) is 38.6 Å². The topological polar surface area (TPSA) is 336 Å². The van der Waals surface area contributed by atoms with Crippen molar-refractivity contribution in [2.24, 2.45) is 0 Å². The summed E-state index contributed by atoms with van der Waals surface area (Å²) >= 11 is 0. The first-order valence-corrected chi connectivity index (χ1v) is 16.8. The third-order valence-electron chi connectivity index (χ3n) is 8.89. The van der Waals surface area contributed by atoms with E-state index < -0.39 is 155 Å². The minimum atomic E-state index is -2.02. The maximum absolute atomic E-state index is 12.3. The molecule has 0 aromatic rings. The van der Waals surface area contributed by atoms with Crippen LogP contribution in [-0.2, 0) is 38.0 Å². The van der Waals surface area contributed by atoms with Crippen molar-refractivity contribution in [3.63, 3.8) is 0 Å². The SMILES string of the molecule is CCC(O)[C@@H](O)[C@H](O[C@@H]1OC(CO)[C@H](O)[C@H](O[C@@H]2OC(CO)[C@@H](O[C@@H]3OC(CO)[C@H](O)[C@H](OC(C)C)C3O)[C@H](O)C2NC(C)=O)C1O)C(O)CO. The van der Waals surface area contributed by atoms with Crippen LogP contribution in [0.1, 0.15) is 34.1 Å². The molecule has 8 unspecified atom stereocenters. The molecule has 19 atom stereocenters. The van der Waals surface area contributed by atoms with E-state index in [0.717, 1.165) is 6.92 Å². The van der Waals surface area contributed by atoms with Crippen LogP contribution in [0.3, 0.4) is 0 Å². The van der Waals surface area contributed by atoms with Crippen LogP contribution in [0.2, 0.25) is 0 Å². The molecule has 3 heterocycles. The lowest BCUT2D eigenvalue weighted by Crippen LogP contribution is -2.69. The monoisotopic (exact) mass is 749 g/mol. The van der Waals surface area contributed by atoms with E-state index in [-0.39, 0.29) is 6.42 Å². The molecule has 0 spiro atoms. The van der Waals surface area contributed by atoms with Crippen LogP contribution < -0.4 is 5.32 Å². The molecule has 21 nitrogen and oxygen atoms in total. The molecular formula is C30H55NO20. The second-order valence-corrected chi connectivity index (χ2v) is 13.0. The van der Waals surface area contributed by atoms with Crippen molar-refractivity contribution in [2.75, 3.05) is 26.4 Å². The summed E-state index contributed by atoms with van der Waals surface area (Å²) in [4.78, 5) is 12.3. The van der Waals surface area contributed by atoms with Gasteiger partial charge in [0.25, 0.3) is 0 Å². The highest BCUT2D eigenvalue weighted by Crippen LogP contribution is 2.34. The van der Waals surface area contributed by atoms with Crippen molar-refractivity contribution in [3.05, 3.63) is 0 Å². The Labute approximate surface area is 293 Å². The predicted molar refractivity (Wildman–Crippen MR) is 165 cm³/mol. The van der Waals surface area contributed by atoms with Gasteiger partial charge in [0, 0.05) is 6.92 Å². The Hall–Kier alpha value is -1.29. The molecule has 13 N–H and O–H groups in total. The zero-order valence-corrected chi connectivity index (χ0v) is 28.7. The fourth-order valence-corrected chi connectivity index (χ4v) is 6.13. The summed E-state index contributed by atoms with van der Waals surface area (Å²) < 4.78 is 39.7. The molecule has 21 heteroatoms. The maximum Gasteiger partial charge on any atom is 0.217 e. The highest BCUT2D eigenvalue weighted by molar-refractivity contribution is 5.73. The number of aliphatic hydroxyl groups is 12. The van der Waals surface area contributed by atoms with Gasteiger partial charge in [-0.3, -0.25) is 4.79 Å². The second-order valence-electron chi connectivity index (χ2n) is 13.0. The van der Waals surface area contributed by atoms with E-state index >= 15 is 0 Å². The summed E-state index contributed by atoms with van der Waals surface area (Å²) in [6, 6.07) is -1.59. The number of carbonyl (C=O) groups excluding carboxylic acids is 1. The first-order valence-electron chi connectivity index (χ1n) is 16.8. The van der Waals surface area contributed by atoms with Crippen molar-refractivity contribution in [1.29, 1.82) is 0 Å². The third-order valence-corrected chi connectivity index (χ3v) is 8.89. The van der Waals surface area contributed by atoms with Crippen molar-refractivity contribution >= 4 is 5.91 Å². The zero-order chi connectivity index (χ0) is 38.3. The average Bonchev–Trinajstić information content (AvgIpc) is 3.10. The molecule has 0 aliphatic carbocycles. The largest absolute Gasteiger partial charge is 0.394 e. The minimum absolute atomic E-state index is 0.00168. The Morgan fingerprint density at radius 3 is 1.69 bits per heavy atom. The molecule has 3 fully saturated rings. The molecule has 0 aromatic heterocycles. The van der Waals surface area contributed by atoms with E-state index in [1.54, 1.807) is 13.8 Å². The molecular weight excluding hydrogens is 694 g/mol. The number of hydrogen-bond donors (Lipinski definition) is 13. The van der Waals surface area contributed by atoms with E-state index in [0.29, 0.717) is 0 Å². The Kier molecular flexibility index (Phi) is 17.2. The van der Waals surface area contributed by atoms with Crippen molar-refractivity contribution in [1.82, 2.24) is 5.32 Å². The van der Waals surface area contributed by atoms with Crippen LogP contribution in [-0.4, -0.2) is 216 Å². The highest BCUT2D eigenvalue weighted by Gasteiger charge is 2.55. The smallest absolute Gasteiger partial charge is 0.217 e. The van der Waals surface area contributed by atoms with E-state index in [1.165, 1.54) is 6.92 Å². The fraction of sp³-hybridized carbons (Fsp3) is 0.967. The minimum Gasteiger partial charge on any atom is -0.394 e. The Morgan fingerprint density at radius 1 is 0.667 bits per heavy atom. The first kappa shape index (κ1) is 44.1. The molecule has 3 aliphatic rings. The van der Waals surface area contributed by atoms with E-state index in [1.807, 2.05) is 0 Å². The van der Waals surface area contributed by atoms with Gasteiger partial charge in [-0.25, -0.2) is 0 Å².